The van der Waals surface area contributed by atoms with Gasteiger partial charge in [-0.1, -0.05) is 77.3 Å². The van der Waals surface area contributed by atoms with Crippen molar-refractivity contribution < 1.29 is 4.79 Å². The van der Waals surface area contributed by atoms with Crippen molar-refractivity contribution in [3.05, 3.63) is 54.6 Å². The molecule has 1 aliphatic heterocycles. The summed E-state index contributed by atoms with van der Waals surface area (Å²) in [5.41, 5.74) is 5.95. The van der Waals surface area contributed by atoms with Crippen molar-refractivity contribution in [1.82, 2.24) is 9.84 Å². The van der Waals surface area contributed by atoms with E-state index in [0.29, 0.717) is 0 Å². The number of alkyl halides is 3. The number of rotatable bonds is 3. The summed E-state index contributed by atoms with van der Waals surface area (Å²) < 4.78 is -0.377. The second-order valence-corrected chi connectivity index (χ2v) is 9.32. The second-order valence-electron chi connectivity index (χ2n) is 5.20. The normalized spacial score (nSPS) is 18.3. The molecule has 1 unspecified atom stereocenters. The number of benzene rings is 2. The fourth-order valence-electron chi connectivity index (χ4n) is 2.49. The van der Waals surface area contributed by atoms with Gasteiger partial charge in [-0.2, -0.15) is 9.84 Å². The first-order valence-electron chi connectivity index (χ1n) is 7.16. The third kappa shape index (κ3) is 3.92. The molecule has 0 bridgehead atoms. The minimum atomic E-state index is -1.62. The Kier molecular flexibility index (Phi) is 5.18. The van der Waals surface area contributed by atoms with Gasteiger partial charge in [-0.25, -0.2) is 4.79 Å². The molecule has 0 spiro atoms. The highest BCUT2D eigenvalue weighted by molar-refractivity contribution is 8.03. The molecule has 2 aromatic rings. The van der Waals surface area contributed by atoms with Crippen LogP contribution < -0.4 is 10.3 Å². The topological polar surface area (TPSA) is 35.6 Å². The molecule has 24 heavy (non-hydrogen) atoms. The van der Waals surface area contributed by atoms with Gasteiger partial charge in [-0.3, -0.25) is 4.90 Å². The SMILES string of the molecule is CC1NN(SC(Cl)(Cl)Cl)C(=O)N1c1ccc(-c2ccccc2)cc1. The molecule has 1 saturated heterocycles. The molecule has 1 aliphatic rings. The summed E-state index contributed by atoms with van der Waals surface area (Å²) in [7, 11) is 0. The summed E-state index contributed by atoms with van der Waals surface area (Å²) in [4.78, 5) is 14.2. The number of nitrogens with zero attached hydrogens (tertiary/aromatic N) is 2. The van der Waals surface area contributed by atoms with E-state index in [1.807, 2.05) is 61.5 Å². The van der Waals surface area contributed by atoms with E-state index in [0.717, 1.165) is 28.8 Å². The number of halogens is 3. The Bertz CT molecular complexity index is 722. The number of hydrogen-bond acceptors (Lipinski definition) is 3. The van der Waals surface area contributed by atoms with E-state index < -0.39 is 3.12 Å². The maximum absolute atomic E-state index is 12.5. The quantitative estimate of drug-likeness (QED) is 0.550. The molecule has 126 valence electrons. The van der Waals surface area contributed by atoms with Gasteiger partial charge < -0.3 is 0 Å². The number of carbonyl (C=O) groups is 1. The van der Waals surface area contributed by atoms with Crippen LogP contribution in [-0.4, -0.2) is 19.7 Å². The van der Waals surface area contributed by atoms with Crippen LogP contribution in [0.25, 0.3) is 11.1 Å². The Morgan fingerprint density at radius 1 is 1.00 bits per heavy atom. The number of hydrazine groups is 1. The monoisotopic (exact) mass is 401 g/mol. The fraction of sp³-hybridized carbons (Fsp3) is 0.188. The molecule has 0 aliphatic carbocycles. The summed E-state index contributed by atoms with van der Waals surface area (Å²) in [6.45, 7) is 1.86. The zero-order valence-electron chi connectivity index (χ0n) is 12.6. The lowest BCUT2D eigenvalue weighted by Crippen LogP contribution is -2.34. The number of amides is 2. The van der Waals surface area contributed by atoms with Gasteiger partial charge in [-0.05, 0) is 30.2 Å². The van der Waals surface area contributed by atoms with Gasteiger partial charge in [0.15, 0.2) is 0 Å². The highest BCUT2D eigenvalue weighted by atomic mass is 35.6. The van der Waals surface area contributed by atoms with Gasteiger partial charge in [0.2, 0.25) is 0 Å². The van der Waals surface area contributed by atoms with E-state index in [1.165, 1.54) is 4.41 Å². The molecule has 2 aromatic carbocycles. The predicted octanol–water partition coefficient (Wildman–Crippen LogP) is 5.42. The zero-order chi connectivity index (χ0) is 17.3. The summed E-state index contributed by atoms with van der Waals surface area (Å²) >= 11 is 18.1. The standard InChI is InChI=1S/C16H14Cl3N3OS/c1-11-20-22(24-16(17,18)19)15(23)21(11)14-9-7-13(8-10-14)12-5-3-2-4-6-12/h2-11,20H,1H3. The largest absolute Gasteiger partial charge is 0.350 e. The molecule has 0 saturated carbocycles. The molecule has 1 N–H and O–H groups in total. The van der Waals surface area contributed by atoms with Crippen LogP contribution in [-0.2, 0) is 0 Å². The lowest BCUT2D eigenvalue weighted by Gasteiger charge is -2.20. The van der Waals surface area contributed by atoms with E-state index in [1.54, 1.807) is 4.90 Å². The smallest absolute Gasteiger partial charge is 0.275 e. The first-order valence-corrected chi connectivity index (χ1v) is 9.07. The van der Waals surface area contributed by atoms with E-state index >= 15 is 0 Å². The average Bonchev–Trinajstić information content (AvgIpc) is 2.81. The van der Waals surface area contributed by atoms with Gasteiger partial charge >= 0.3 is 6.03 Å². The molecule has 0 aromatic heterocycles. The second kappa shape index (κ2) is 7.02. The minimum Gasteiger partial charge on any atom is -0.275 e. The maximum atomic E-state index is 12.5. The number of anilines is 1. The first-order chi connectivity index (χ1) is 11.3. The lowest BCUT2D eigenvalue weighted by molar-refractivity contribution is 0.236. The van der Waals surface area contributed by atoms with Gasteiger partial charge in [0, 0.05) is 17.6 Å². The van der Waals surface area contributed by atoms with Crippen LogP contribution in [0.2, 0.25) is 0 Å². The van der Waals surface area contributed by atoms with Crippen LogP contribution >= 0.6 is 46.8 Å². The molecule has 0 radical (unpaired) electrons. The van der Waals surface area contributed by atoms with Crippen LogP contribution in [0.5, 0.6) is 0 Å². The molecule has 1 heterocycles. The molecular formula is C16H14Cl3N3OS. The molecule has 4 nitrogen and oxygen atoms in total. The zero-order valence-corrected chi connectivity index (χ0v) is 15.7. The molecule has 8 heteroatoms. The molecule has 2 amide bonds. The molecule has 3 rings (SSSR count). The van der Waals surface area contributed by atoms with Gasteiger partial charge in [0.1, 0.15) is 6.17 Å². The Labute approximate surface area is 159 Å². The highest BCUT2D eigenvalue weighted by Crippen LogP contribution is 2.42. The Balaban J connectivity index is 1.80. The lowest BCUT2D eigenvalue weighted by atomic mass is 10.1. The van der Waals surface area contributed by atoms with Crippen molar-refractivity contribution in [2.75, 3.05) is 4.90 Å². The number of urea groups is 1. The van der Waals surface area contributed by atoms with Crippen LogP contribution in [0.1, 0.15) is 6.92 Å². The van der Waals surface area contributed by atoms with Gasteiger partial charge in [0.25, 0.3) is 3.12 Å². The van der Waals surface area contributed by atoms with Gasteiger partial charge in [-0.15, -0.1) is 0 Å². The number of nitrogens with one attached hydrogen (secondary N) is 1. The summed E-state index contributed by atoms with van der Waals surface area (Å²) in [5, 5.41) is 0. The number of carbonyl (C=O) groups excluding carboxylic acids is 1. The number of hydrogen-bond donors (Lipinski definition) is 1. The van der Waals surface area contributed by atoms with Crippen molar-refractivity contribution in [1.29, 1.82) is 0 Å². The Morgan fingerprint density at radius 2 is 1.58 bits per heavy atom. The Morgan fingerprint density at radius 3 is 2.17 bits per heavy atom. The van der Waals surface area contributed by atoms with Crippen LogP contribution in [0.3, 0.4) is 0 Å². The third-order valence-corrected chi connectivity index (χ3v) is 4.79. The summed E-state index contributed by atoms with van der Waals surface area (Å²) in [6, 6.07) is 17.5. The Hall–Kier alpha value is -1.11. The van der Waals surface area contributed by atoms with Crippen molar-refractivity contribution in [2.24, 2.45) is 0 Å². The molecular weight excluding hydrogens is 389 g/mol. The van der Waals surface area contributed by atoms with Crippen molar-refractivity contribution in [3.63, 3.8) is 0 Å². The van der Waals surface area contributed by atoms with E-state index in [4.69, 9.17) is 34.8 Å². The van der Waals surface area contributed by atoms with Crippen molar-refractivity contribution in [3.8, 4) is 11.1 Å². The molecule has 1 fully saturated rings. The van der Waals surface area contributed by atoms with Crippen molar-refractivity contribution >= 4 is 58.5 Å². The minimum absolute atomic E-state index is 0.250. The van der Waals surface area contributed by atoms with Gasteiger partial charge in [0.05, 0.1) is 0 Å². The maximum Gasteiger partial charge on any atom is 0.350 e. The van der Waals surface area contributed by atoms with E-state index in [2.05, 4.69) is 5.43 Å². The van der Waals surface area contributed by atoms with Crippen LogP contribution in [0.4, 0.5) is 10.5 Å². The average molecular weight is 403 g/mol. The summed E-state index contributed by atoms with van der Waals surface area (Å²) in [6.07, 6.45) is -0.250. The van der Waals surface area contributed by atoms with E-state index in [9.17, 15) is 4.79 Å². The fourth-order valence-corrected chi connectivity index (χ4v) is 3.69. The predicted molar refractivity (Wildman–Crippen MR) is 102 cm³/mol. The van der Waals surface area contributed by atoms with Crippen molar-refractivity contribution in [2.45, 2.75) is 16.2 Å². The van der Waals surface area contributed by atoms with E-state index in [-0.39, 0.29) is 12.2 Å². The van der Waals surface area contributed by atoms with Crippen LogP contribution in [0.15, 0.2) is 54.6 Å². The first kappa shape index (κ1) is 17.7. The molecule has 1 atom stereocenters. The van der Waals surface area contributed by atoms with Crippen LogP contribution in [0, 0.1) is 0 Å². The highest BCUT2D eigenvalue weighted by Gasteiger charge is 2.40. The third-order valence-electron chi connectivity index (χ3n) is 3.52. The summed E-state index contributed by atoms with van der Waals surface area (Å²) in [5.74, 6) is 0.